The average molecular weight is 527 g/mol. The molecule has 5 heteroatoms. The molecule has 0 radical (unpaired) electrons. The quantitative estimate of drug-likeness (QED) is 0.235. The van der Waals surface area contributed by atoms with Gasteiger partial charge in [-0.3, -0.25) is 4.79 Å². The fourth-order valence-corrected chi connectivity index (χ4v) is 5.61. The first-order chi connectivity index (χ1) is 17.8. The Morgan fingerprint density at radius 2 is 1.49 bits per heavy atom. The summed E-state index contributed by atoms with van der Waals surface area (Å²) in [7, 11) is 0. The van der Waals surface area contributed by atoms with Gasteiger partial charge >= 0.3 is 0 Å². The third kappa shape index (κ3) is 5.02. The first kappa shape index (κ1) is 25.1. The number of benzene rings is 4. The molecule has 1 atom stereocenters. The molecular formula is C32H28Cl2N2O. The number of aromatic nitrogens is 1. The van der Waals surface area contributed by atoms with Gasteiger partial charge in [-0.1, -0.05) is 83.9 Å². The number of carbonyl (C=O) groups excluding carboxylic acids is 1. The lowest BCUT2D eigenvalue weighted by Crippen LogP contribution is -2.27. The van der Waals surface area contributed by atoms with Crippen molar-refractivity contribution in [1.82, 2.24) is 9.88 Å². The van der Waals surface area contributed by atoms with Crippen molar-refractivity contribution in [2.45, 2.75) is 33.4 Å². The Morgan fingerprint density at radius 1 is 0.838 bits per heavy atom. The molecule has 1 aromatic heterocycles. The standard InChI is InChI=1S/C32H28Cl2N2O/c1-20-22(3)36(19-23-12-14-25(15-13-23)24-8-5-4-6-9-24)30-17-16-26(18-27(20)30)32(37)35-21(2)31-28(33)10-7-11-29(31)34/h4-18,21H,19H2,1-3H3,(H,35,37)/t21-/m1/s1. The first-order valence-corrected chi connectivity index (χ1v) is 13.1. The number of aryl methyl sites for hydroxylation is 1. The van der Waals surface area contributed by atoms with E-state index in [0.717, 1.165) is 23.0 Å². The van der Waals surface area contributed by atoms with Crippen molar-refractivity contribution in [3.63, 3.8) is 0 Å². The lowest BCUT2D eigenvalue weighted by molar-refractivity contribution is 0.0940. The summed E-state index contributed by atoms with van der Waals surface area (Å²) in [6.45, 7) is 6.90. The molecule has 0 bridgehead atoms. The number of halogens is 2. The van der Waals surface area contributed by atoms with Crippen LogP contribution in [0.1, 0.15) is 45.7 Å². The van der Waals surface area contributed by atoms with Crippen molar-refractivity contribution in [1.29, 1.82) is 0 Å². The van der Waals surface area contributed by atoms with Crippen LogP contribution >= 0.6 is 23.2 Å². The van der Waals surface area contributed by atoms with Crippen molar-refractivity contribution >= 4 is 40.0 Å². The fourth-order valence-electron chi connectivity index (χ4n) is 4.89. The van der Waals surface area contributed by atoms with E-state index < -0.39 is 0 Å². The summed E-state index contributed by atoms with van der Waals surface area (Å²) < 4.78 is 2.32. The summed E-state index contributed by atoms with van der Waals surface area (Å²) in [5, 5.41) is 5.20. The maximum atomic E-state index is 13.1. The fraction of sp³-hybridized carbons (Fsp3) is 0.156. The van der Waals surface area contributed by atoms with Crippen molar-refractivity contribution in [2.75, 3.05) is 0 Å². The van der Waals surface area contributed by atoms with Crippen LogP contribution in [-0.2, 0) is 6.54 Å². The van der Waals surface area contributed by atoms with Crippen LogP contribution in [-0.4, -0.2) is 10.5 Å². The summed E-state index contributed by atoms with van der Waals surface area (Å²) in [5.74, 6) is -0.160. The van der Waals surface area contributed by atoms with Gasteiger partial charge in [0.05, 0.1) is 6.04 Å². The van der Waals surface area contributed by atoms with Gasteiger partial charge in [0.15, 0.2) is 0 Å². The zero-order valence-corrected chi connectivity index (χ0v) is 22.6. The van der Waals surface area contributed by atoms with Crippen LogP contribution in [0.3, 0.4) is 0 Å². The minimum atomic E-state index is -0.323. The van der Waals surface area contributed by atoms with Crippen LogP contribution in [0.15, 0.2) is 91.0 Å². The van der Waals surface area contributed by atoms with Gasteiger partial charge in [-0.05, 0) is 73.4 Å². The predicted octanol–water partition coefficient (Wildman–Crippen LogP) is 8.77. The summed E-state index contributed by atoms with van der Waals surface area (Å²) in [4.78, 5) is 13.1. The van der Waals surface area contributed by atoms with E-state index in [0.29, 0.717) is 15.6 Å². The van der Waals surface area contributed by atoms with E-state index in [2.05, 4.69) is 72.3 Å². The van der Waals surface area contributed by atoms with Gasteiger partial charge in [0.2, 0.25) is 0 Å². The Morgan fingerprint density at radius 3 is 2.16 bits per heavy atom. The third-order valence-corrected chi connectivity index (χ3v) is 7.74. The Balaban J connectivity index is 1.39. The molecule has 3 nitrogen and oxygen atoms in total. The maximum Gasteiger partial charge on any atom is 0.251 e. The molecule has 0 aliphatic heterocycles. The molecule has 186 valence electrons. The van der Waals surface area contributed by atoms with Gasteiger partial charge in [-0.2, -0.15) is 0 Å². The van der Waals surface area contributed by atoms with Crippen LogP contribution in [0.25, 0.3) is 22.0 Å². The molecule has 37 heavy (non-hydrogen) atoms. The molecule has 0 fully saturated rings. The second-order valence-electron chi connectivity index (χ2n) is 9.42. The number of nitrogens with zero attached hydrogens (tertiary/aromatic N) is 1. The largest absolute Gasteiger partial charge is 0.345 e. The maximum absolute atomic E-state index is 13.1. The van der Waals surface area contributed by atoms with Gasteiger partial charge in [-0.15, -0.1) is 0 Å². The molecule has 5 rings (SSSR count). The third-order valence-electron chi connectivity index (χ3n) is 7.08. The molecule has 1 heterocycles. The van der Waals surface area contributed by atoms with E-state index in [1.807, 2.05) is 31.2 Å². The Hall–Kier alpha value is -3.53. The van der Waals surface area contributed by atoms with E-state index in [4.69, 9.17) is 23.2 Å². The number of hydrogen-bond donors (Lipinski definition) is 1. The molecule has 5 aromatic rings. The highest BCUT2D eigenvalue weighted by atomic mass is 35.5. The number of hydrogen-bond acceptors (Lipinski definition) is 1. The number of nitrogens with one attached hydrogen (secondary N) is 1. The summed E-state index contributed by atoms with van der Waals surface area (Å²) in [5.41, 5.74) is 8.45. The number of amides is 1. The average Bonchev–Trinajstić information content (AvgIpc) is 3.13. The van der Waals surface area contributed by atoms with Crippen molar-refractivity contribution in [3.8, 4) is 11.1 Å². The summed E-state index contributed by atoms with van der Waals surface area (Å²) >= 11 is 12.7. The van der Waals surface area contributed by atoms with E-state index in [1.165, 1.54) is 27.9 Å². The number of carbonyl (C=O) groups is 1. The van der Waals surface area contributed by atoms with Gasteiger partial charge in [0.25, 0.3) is 5.91 Å². The van der Waals surface area contributed by atoms with Crippen LogP contribution in [0.2, 0.25) is 10.0 Å². The summed E-state index contributed by atoms with van der Waals surface area (Å²) in [6, 6.07) is 30.0. The first-order valence-electron chi connectivity index (χ1n) is 12.3. The number of fused-ring (bicyclic) bond motifs is 1. The smallest absolute Gasteiger partial charge is 0.251 e. The van der Waals surface area contributed by atoms with Gasteiger partial charge in [-0.25, -0.2) is 0 Å². The highest BCUT2D eigenvalue weighted by molar-refractivity contribution is 6.36. The normalized spacial score (nSPS) is 12.0. The lowest BCUT2D eigenvalue weighted by Gasteiger charge is -2.17. The Bertz CT molecular complexity index is 1570. The molecule has 0 aliphatic carbocycles. The molecule has 0 aliphatic rings. The van der Waals surface area contributed by atoms with Crippen molar-refractivity contribution < 1.29 is 4.79 Å². The lowest BCUT2D eigenvalue weighted by atomic mass is 10.0. The second-order valence-corrected chi connectivity index (χ2v) is 10.2. The zero-order chi connectivity index (χ0) is 26.1. The van der Waals surface area contributed by atoms with Crippen LogP contribution in [0, 0.1) is 13.8 Å². The predicted molar refractivity (Wildman–Crippen MR) is 155 cm³/mol. The topological polar surface area (TPSA) is 34.0 Å². The second kappa shape index (κ2) is 10.5. The molecule has 0 saturated carbocycles. The molecule has 4 aromatic carbocycles. The zero-order valence-electron chi connectivity index (χ0n) is 21.1. The van der Waals surface area contributed by atoms with Crippen molar-refractivity contribution in [2.24, 2.45) is 0 Å². The van der Waals surface area contributed by atoms with E-state index >= 15 is 0 Å². The van der Waals surface area contributed by atoms with Crippen LogP contribution in [0.5, 0.6) is 0 Å². The molecule has 0 unspecified atom stereocenters. The highest BCUT2D eigenvalue weighted by Crippen LogP contribution is 2.31. The SMILES string of the molecule is Cc1c(C)n(Cc2ccc(-c3ccccc3)cc2)c2ccc(C(=O)N[C@H](C)c3c(Cl)cccc3Cl)cc12. The molecule has 0 saturated heterocycles. The van der Waals surface area contributed by atoms with Gasteiger partial charge in [0, 0.05) is 44.3 Å². The van der Waals surface area contributed by atoms with Crippen molar-refractivity contribution in [3.05, 3.63) is 129 Å². The Kier molecular flexibility index (Phi) is 7.10. The molecule has 1 N–H and O–H groups in total. The molecular weight excluding hydrogens is 499 g/mol. The highest BCUT2D eigenvalue weighted by Gasteiger charge is 2.19. The van der Waals surface area contributed by atoms with Gasteiger partial charge in [0.1, 0.15) is 0 Å². The van der Waals surface area contributed by atoms with Gasteiger partial charge < -0.3 is 9.88 Å². The monoisotopic (exact) mass is 526 g/mol. The van der Waals surface area contributed by atoms with E-state index in [9.17, 15) is 4.79 Å². The Labute approximate surface area is 227 Å². The van der Waals surface area contributed by atoms with E-state index in [-0.39, 0.29) is 11.9 Å². The van der Waals surface area contributed by atoms with E-state index in [1.54, 1.807) is 18.2 Å². The number of rotatable bonds is 6. The summed E-state index contributed by atoms with van der Waals surface area (Å²) in [6.07, 6.45) is 0. The minimum Gasteiger partial charge on any atom is -0.345 e. The molecule has 1 amide bonds. The van der Waals surface area contributed by atoms with Crippen LogP contribution in [0.4, 0.5) is 0 Å². The minimum absolute atomic E-state index is 0.160. The van der Waals surface area contributed by atoms with Crippen LogP contribution < -0.4 is 5.32 Å². The molecule has 0 spiro atoms.